The first kappa shape index (κ1) is 18.9. The number of amides is 2. The highest BCUT2D eigenvalue weighted by atomic mass is 32.2. The number of oxime groups is 1. The van der Waals surface area contributed by atoms with Crippen LogP contribution in [0, 0.1) is 6.92 Å². The van der Waals surface area contributed by atoms with Crippen LogP contribution in [0.1, 0.15) is 30.4 Å². The van der Waals surface area contributed by atoms with E-state index >= 15 is 0 Å². The molecule has 1 spiro atoms. The number of nitrogens with zero attached hydrogens (tertiary/aromatic N) is 2. The second-order valence-corrected chi connectivity index (χ2v) is 8.32. The molecule has 0 bridgehead atoms. The van der Waals surface area contributed by atoms with E-state index in [2.05, 4.69) is 41.7 Å². The van der Waals surface area contributed by atoms with E-state index in [-0.39, 0.29) is 11.6 Å². The molecule has 2 heterocycles. The Balaban J connectivity index is 1.35. The number of carbonyl (C=O) groups excluding carboxylic acids is 1. The van der Waals surface area contributed by atoms with Gasteiger partial charge in [0.2, 0.25) is 0 Å². The summed E-state index contributed by atoms with van der Waals surface area (Å²) in [5.74, 6) is 0. The molecule has 2 aromatic rings. The molecule has 4 rings (SSSR count). The summed E-state index contributed by atoms with van der Waals surface area (Å²) in [6.45, 7) is 3.42. The minimum absolute atomic E-state index is 0.0472. The number of nitrogens with one attached hydrogen (secondary N) is 1. The Morgan fingerprint density at radius 1 is 1.14 bits per heavy atom. The Kier molecular flexibility index (Phi) is 5.31. The van der Waals surface area contributed by atoms with Crippen LogP contribution in [0.4, 0.5) is 10.5 Å². The SMILES string of the molecule is CSc1ccccc1NC(=O)N1CCC2(CC1)CC(c1ccc(C)cc1)=NO2. The lowest BCUT2D eigenvalue weighted by atomic mass is 9.85. The van der Waals surface area contributed by atoms with Gasteiger partial charge < -0.3 is 15.1 Å². The fourth-order valence-electron chi connectivity index (χ4n) is 3.75. The molecule has 0 saturated carbocycles. The Bertz CT molecular complexity index is 887. The summed E-state index contributed by atoms with van der Waals surface area (Å²) in [7, 11) is 0. The monoisotopic (exact) mass is 395 g/mol. The predicted molar refractivity (Wildman–Crippen MR) is 114 cm³/mol. The van der Waals surface area contributed by atoms with Crippen molar-refractivity contribution in [2.24, 2.45) is 5.16 Å². The number of hydrogen-bond donors (Lipinski definition) is 1. The number of carbonyl (C=O) groups is 1. The van der Waals surface area contributed by atoms with Gasteiger partial charge in [0.05, 0.1) is 11.4 Å². The van der Waals surface area contributed by atoms with E-state index in [4.69, 9.17) is 4.84 Å². The number of rotatable bonds is 3. The second kappa shape index (κ2) is 7.87. The zero-order valence-corrected chi connectivity index (χ0v) is 17.1. The maximum atomic E-state index is 12.7. The average molecular weight is 396 g/mol. The van der Waals surface area contributed by atoms with Gasteiger partial charge in [-0.2, -0.15) is 0 Å². The molecule has 2 aliphatic heterocycles. The summed E-state index contributed by atoms with van der Waals surface area (Å²) < 4.78 is 0. The van der Waals surface area contributed by atoms with E-state index in [1.54, 1.807) is 11.8 Å². The van der Waals surface area contributed by atoms with Crippen LogP contribution in [0.3, 0.4) is 0 Å². The summed E-state index contributed by atoms with van der Waals surface area (Å²) in [5.41, 5.74) is 3.96. The quantitative estimate of drug-likeness (QED) is 0.752. The fourth-order valence-corrected chi connectivity index (χ4v) is 4.30. The summed E-state index contributed by atoms with van der Waals surface area (Å²) in [6.07, 6.45) is 4.41. The first-order valence-corrected chi connectivity index (χ1v) is 10.8. The van der Waals surface area contributed by atoms with Crippen LogP contribution in [0.25, 0.3) is 0 Å². The van der Waals surface area contributed by atoms with Crippen molar-refractivity contribution in [3.8, 4) is 0 Å². The first-order valence-electron chi connectivity index (χ1n) is 9.60. The van der Waals surface area contributed by atoms with E-state index in [0.29, 0.717) is 13.1 Å². The van der Waals surface area contributed by atoms with Crippen molar-refractivity contribution in [3.63, 3.8) is 0 Å². The van der Waals surface area contributed by atoms with E-state index in [1.165, 1.54) is 5.56 Å². The van der Waals surface area contributed by atoms with Crippen LogP contribution in [-0.4, -0.2) is 41.6 Å². The van der Waals surface area contributed by atoms with Crippen molar-refractivity contribution in [2.45, 2.75) is 36.7 Å². The molecule has 6 heteroatoms. The summed E-state index contributed by atoms with van der Waals surface area (Å²) >= 11 is 1.63. The minimum atomic E-state index is -0.270. The molecule has 5 nitrogen and oxygen atoms in total. The Hall–Kier alpha value is -2.47. The lowest BCUT2D eigenvalue weighted by molar-refractivity contribution is -0.0544. The molecule has 0 atom stereocenters. The van der Waals surface area contributed by atoms with E-state index in [9.17, 15) is 4.79 Å². The van der Waals surface area contributed by atoms with Gasteiger partial charge in [0.15, 0.2) is 0 Å². The number of anilines is 1. The lowest BCUT2D eigenvalue weighted by Gasteiger charge is -2.37. The van der Waals surface area contributed by atoms with Crippen LogP contribution in [0.15, 0.2) is 58.6 Å². The molecule has 146 valence electrons. The van der Waals surface area contributed by atoms with Crippen molar-refractivity contribution >= 4 is 29.2 Å². The highest BCUT2D eigenvalue weighted by Crippen LogP contribution is 2.36. The number of likely N-dealkylation sites (tertiary alicyclic amines) is 1. The number of urea groups is 1. The molecule has 0 aliphatic carbocycles. The van der Waals surface area contributed by atoms with Crippen LogP contribution in [-0.2, 0) is 4.84 Å². The molecular formula is C22H25N3O2S. The summed E-state index contributed by atoms with van der Waals surface area (Å²) in [5, 5.41) is 7.41. The molecule has 1 N–H and O–H groups in total. The van der Waals surface area contributed by atoms with Gasteiger partial charge in [-0.3, -0.25) is 0 Å². The smallest absolute Gasteiger partial charge is 0.321 e. The van der Waals surface area contributed by atoms with Crippen LogP contribution in [0.2, 0.25) is 0 Å². The zero-order chi connectivity index (χ0) is 19.6. The number of thioether (sulfide) groups is 1. The van der Waals surface area contributed by atoms with Gasteiger partial charge in [0.25, 0.3) is 0 Å². The third kappa shape index (κ3) is 3.87. The largest absolute Gasteiger partial charge is 0.388 e. The molecule has 0 unspecified atom stereocenters. The second-order valence-electron chi connectivity index (χ2n) is 7.47. The fraction of sp³-hybridized carbons (Fsp3) is 0.364. The zero-order valence-electron chi connectivity index (χ0n) is 16.3. The van der Waals surface area contributed by atoms with E-state index in [1.807, 2.05) is 35.4 Å². The number of aryl methyl sites for hydroxylation is 1. The van der Waals surface area contributed by atoms with Crippen molar-refractivity contribution in [1.29, 1.82) is 0 Å². The standard InChI is InChI=1S/C22H25N3O2S/c1-16-7-9-17(10-8-16)19-15-22(27-24-19)11-13-25(14-12-22)21(26)23-18-5-3-4-6-20(18)28-2/h3-10H,11-15H2,1-2H3,(H,23,26). The third-order valence-corrected chi connectivity index (χ3v) is 6.33. The Morgan fingerprint density at radius 2 is 1.86 bits per heavy atom. The molecule has 2 aromatic carbocycles. The summed E-state index contributed by atoms with van der Waals surface area (Å²) in [6, 6.07) is 16.2. The number of hydrogen-bond acceptors (Lipinski definition) is 4. The number of benzene rings is 2. The maximum Gasteiger partial charge on any atom is 0.321 e. The van der Waals surface area contributed by atoms with Gasteiger partial charge in [-0.05, 0) is 30.9 Å². The van der Waals surface area contributed by atoms with E-state index in [0.717, 1.165) is 41.1 Å². The number of para-hydroxylation sites is 1. The van der Waals surface area contributed by atoms with E-state index < -0.39 is 0 Å². The molecule has 1 saturated heterocycles. The van der Waals surface area contributed by atoms with Crippen molar-refractivity contribution < 1.29 is 9.63 Å². The third-order valence-electron chi connectivity index (χ3n) is 5.53. The van der Waals surface area contributed by atoms with Gasteiger partial charge >= 0.3 is 6.03 Å². The van der Waals surface area contributed by atoms with Crippen molar-refractivity contribution in [3.05, 3.63) is 59.7 Å². The number of piperidine rings is 1. The van der Waals surface area contributed by atoms with Crippen LogP contribution in [0.5, 0.6) is 0 Å². The lowest BCUT2D eigenvalue weighted by Crippen LogP contribution is -2.48. The Labute approximate surface area is 170 Å². The molecular weight excluding hydrogens is 370 g/mol. The summed E-state index contributed by atoms with van der Waals surface area (Å²) in [4.78, 5) is 21.5. The topological polar surface area (TPSA) is 53.9 Å². The molecule has 28 heavy (non-hydrogen) atoms. The molecule has 0 aromatic heterocycles. The minimum Gasteiger partial charge on any atom is -0.388 e. The Morgan fingerprint density at radius 3 is 2.57 bits per heavy atom. The predicted octanol–water partition coefficient (Wildman–Crippen LogP) is 4.91. The molecule has 0 radical (unpaired) electrons. The molecule has 2 amide bonds. The molecule has 2 aliphatic rings. The average Bonchev–Trinajstić information content (AvgIpc) is 3.13. The van der Waals surface area contributed by atoms with Crippen LogP contribution >= 0.6 is 11.8 Å². The van der Waals surface area contributed by atoms with Gasteiger partial charge in [0, 0.05) is 37.2 Å². The highest BCUT2D eigenvalue weighted by molar-refractivity contribution is 7.98. The normalized spacial score (nSPS) is 17.9. The van der Waals surface area contributed by atoms with Gasteiger partial charge in [0.1, 0.15) is 5.60 Å². The molecule has 1 fully saturated rings. The van der Waals surface area contributed by atoms with Crippen LogP contribution < -0.4 is 5.32 Å². The first-order chi connectivity index (χ1) is 13.6. The van der Waals surface area contributed by atoms with Crippen molar-refractivity contribution in [1.82, 2.24) is 4.90 Å². The maximum absolute atomic E-state index is 12.7. The van der Waals surface area contributed by atoms with Crippen molar-refractivity contribution in [2.75, 3.05) is 24.7 Å². The van der Waals surface area contributed by atoms with Gasteiger partial charge in [-0.15, -0.1) is 11.8 Å². The highest BCUT2D eigenvalue weighted by Gasteiger charge is 2.43. The van der Waals surface area contributed by atoms with Gasteiger partial charge in [-0.25, -0.2) is 4.79 Å². The van der Waals surface area contributed by atoms with Gasteiger partial charge in [-0.1, -0.05) is 47.1 Å².